The molecule has 3 aromatic rings. The van der Waals surface area contributed by atoms with E-state index in [1.165, 1.54) is 7.11 Å². The lowest BCUT2D eigenvalue weighted by Crippen LogP contribution is -2.48. The van der Waals surface area contributed by atoms with Gasteiger partial charge in [-0.1, -0.05) is 84.9 Å². The van der Waals surface area contributed by atoms with Gasteiger partial charge < -0.3 is 32.2 Å². The summed E-state index contributed by atoms with van der Waals surface area (Å²) >= 11 is 0. The molecule has 7 N–H and O–H groups in total. The van der Waals surface area contributed by atoms with Crippen molar-refractivity contribution in [3.63, 3.8) is 0 Å². The summed E-state index contributed by atoms with van der Waals surface area (Å²) in [7, 11) is 1.31. The molecule has 10 heteroatoms. The van der Waals surface area contributed by atoms with Crippen LogP contribution in [0.5, 0.6) is 0 Å². The lowest BCUT2D eigenvalue weighted by molar-refractivity contribution is -0.129. The fourth-order valence-electron chi connectivity index (χ4n) is 4.15. The lowest BCUT2D eigenvalue weighted by Gasteiger charge is -2.23. The number of hydrogen-bond donors (Lipinski definition) is 5. The summed E-state index contributed by atoms with van der Waals surface area (Å²) in [6, 6.07) is 25.6. The molecule has 0 aliphatic rings. The second kappa shape index (κ2) is 15.5. The Morgan fingerprint density at radius 2 is 1.30 bits per heavy atom. The summed E-state index contributed by atoms with van der Waals surface area (Å²) in [5.74, 6) is -1.19. The molecule has 0 spiro atoms. The van der Waals surface area contributed by atoms with Gasteiger partial charge in [-0.3, -0.25) is 14.6 Å². The summed E-state index contributed by atoms with van der Waals surface area (Å²) in [4.78, 5) is 42.2. The molecule has 210 valence electrons. The van der Waals surface area contributed by atoms with E-state index in [4.69, 9.17) is 11.5 Å². The Morgan fingerprint density at radius 3 is 1.80 bits per heavy atom. The van der Waals surface area contributed by atoms with E-state index in [2.05, 4.69) is 25.7 Å². The zero-order valence-corrected chi connectivity index (χ0v) is 22.5. The fourth-order valence-corrected chi connectivity index (χ4v) is 4.15. The van der Waals surface area contributed by atoms with Crippen LogP contribution in [0.4, 0.5) is 4.79 Å². The van der Waals surface area contributed by atoms with Crippen LogP contribution in [0, 0.1) is 0 Å². The molecule has 0 saturated heterocycles. The number of nitrogens with two attached hydrogens (primary N) is 2. The number of nitrogens with zero attached hydrogens (tertiary/aromatic N) is 1. The van der Waals surface area contributed by atoms with Crippen molar-refractivity contribution in [3.8, 4) is 0 Å². The van der Waals surface area contributed by atoms with Crippen molar-refractivity contribution >= 4 is 23.9 Å². The van der Waals surface area contributed by atoms with E-state index in [1.54, 1.807) is 0 Å². The molecular weight excluding hydrogens is 508 g/mol. The predicted octanol–water partition coefficient (Wildman–Crippen LogP) is 2.53. The molecule has 0 unspecified atom stereocenters. The van der Waals surface area contributed by atoms with Gasteiger partial charge in [0.25, 0.3) is 0 Å². The van der Waals surface area contributed by atoms with Crippen LogP contribution in [-0.2, 0) is 27.4 Å². The van der Waals surface area contributed by atoms with Gasteiger partial charge in [-0.25, -0.2) is 4.79 Å². The van der Waals surface area contributed by atoms with Gasteiger partial charge in [-0.15, -0.1) is 0 Å². The van der Waals surface area contributed by atoms with Gasteiger partial charge in [0, 0.05) is 19.6 Å². The minimum atomic E-state index is -0.792. The normalized spacial score (nSPS) is 11.2. The first-order valence-electron chi connectivity index (χ1n) is 13.0. The molecule has 0 saturated carbocycles. The highest BCUT2D eigenvalue weighted by Gasteiger charge is 2.27. The molecule has 0 radical (unpaired) electrons. The number of carbonyl (C=O) groups excluding carboxylic acids is 3. The summed E-state index contributed by atoms with van der Waals surface area (Å²) in [6.45, 7) is 0.932. The third-order valence-corrected chi connectivity index (χ3v) is 6.22. The molecule has 0 aromatic heterocycles. The maximum Gasteiger partial charge on any atom is 0.407 e. The zero-order valence-electron chi connectivity index (χ0n) is 22.5. The highest BCUT2D eigenvalue weighted by atomic mass is 16.5. The largest absolute Gasteiger partial charge is 0.453 e. The Labute approximate surface area is 234 Å². The number of ether oxygens (including phenoxy) is 1. The lowest BCUT2D eigenvalue weighted by atomic mass is 9.90. The predicted molar refractivity (Wildman–Crippen MR) is 154 cm³/mol. The quantitative estimate of drug-likeness (QED) is 0.126. The van der Waals surface area contributed by atoms with Crippen molar-refractivity contribution in [2.24, 2.45) is 16.5 Å². The maximum atomic E-state index is 13.6. The molecule has 0 aliphatic heterocycles. The van der Waals surface area contributed by atoms with Crippen LogP contribution in [0.25, 0.3) is 0 Å². The van der Waals surface area contributed by atoms with E-state index in [0.717, 1.165) is 22.3 Å². The summed E-state index contributed by atoms with van der Waals surface area (Å²) in [6.07, 6.45) is 0.341. The topological polar surface area (TPSA) is 161 Å². The molecular formula is C30H36N6O4. The van der Waals surface area contributed by atoms with Crippen LogP contribution in [-0.4, -0.2) is 43.6 Å². The number of amides is 3. The van der Waals surface area contributed by atoms with Crippen LogP contribution >= 0.6 is 0 Å². The Bertz CT molecular complexity index is 1220. The van der Waals surface area contributed by atoms with E-state index in [9.17, 15) is 14.4 Å². The molecule has 0 heterocycles. The van der Waals surface area contributed by atoms with Crippen molar-refractivity contribution in [3.05, 3.63) is 107 Å². The number of rotatable bonds is 13. The van der Waals surface area contributed by atoms with Gasteiger partial charge in [0.05, 0.1) is 13.0 Å². The highest BCUT2D eigenvalue weighted by molar-refractivity contribution is 5.92. The molecule has 40 heavy (non-hydrogen) atoms. The van der Waals surface area contributed by atoms with Gasteiger partial charge >= 0.3 is 6.09 Å². The smallest absolute Gasteiger partial charge is 0.407 e. The monoisotopic (exact) mass is 544 g/mol. The number of methoxy groups -OCH3 is 1. The van der Waals surface area contributed by atoms with E-state index in [1.807, 2.05) is 84.9 Å². The molecule has 3 rings (SSSR count). The third kappa shape index (κ3) is 9.46. The van der Waals surface area contributed by atoms with Crippen molar-refractivity contribution < 1.29 is 19.1 Å². The Kier molecular flexibility index (Phi) is 11.5. The maximum absolute atomic E-state index is 13.6. The fraction of sp³-hybridized carbons (Fsp3) is 0.267. The Morgan fingerprint density at radius 1 is 0.775 bits per heavy atom. The van der Waals surface area contributed by atoms with E-state index < -0.39 is 18.1 Å². The first-order chi connectivity index (χ1) is 19.4. The minimum absolute atomic E-state index is 0.0245. The van der Waals surface area contributed by atoms with Gasteiger partial charge in [0.1, 0.15) is 6.04 Å². The standard InChI is InChI=1S/C30H36N6O4/c1-40-30(39)35-20-22-16-14-21(15-17-22)19-34-27(37)25(13-8-18-33-29(31)32)36-28(38)26(23-9-4-2-5-10-23)24-11-6-3-7-12-24/h2-7,9-12,14-17,25-26H,8,13,18-20H2,1H3,(H,34,37)(H,35,39)(H,36,38)(H4,31,32,33)/t25-/m1/s1. The number of carbonyl (C=O) groups is 3. The number of benzene rings is 3. The molecule has 3 amide bonds. The SMILES string of the molecule is COC(=O)NCc1ccc(CNC(=O)[C@@H](CCCN=C(N)N)NC(=O)C(c2ccccc2)c2ccccc2)cc1. The van der Waals surface area contributed by atoms with Crippen molar-refractivity contribution in [1.82, 2.24) is 16.0 Å². The molecule has 0 aliphatic carbocycles. The zero-order chi connectivity index (χ0) is 28.7. The van der Waals surface area contributed by atoms with Gasteiger partial charge in [0.15, 0.2) is 5.96 Å². The van der Waals surface area contributed by atoms with Crippen LogP contribution in [0.2, 0.25) is 0 Å². The van der Waals surface area contributed by atoms with Crippen LogP contribution in [0.15, 0.2) is 89.9 Å². The number of alkyl carbamates (subject to hydrolysis) is 1. The van der Waals surface area contributed by atoms with E-state index >= 15 is 0 Å². The third-order valence-electron chi connectivity index (χ3n) is 6.22. The van der Waals surface area contributed by atoms with E-state index in [0.29, 0.717) is 25.9 Å². The second-order valence-corrected chi connectivity index (χ2v) is 9.14. The first kappa shape index (κ1) is 29.7. The number of hydrogen-bond acceptors (Lipinski definition) is 5. The van der Waals surface area contributed by atoms with E-state index in [-0.39, 0.29) is 24.3 Å². The molecule has 10 nitrogen and oxygen atoms in total. The van der Waals surface area contributed by atoms with Crippen LogP contribution in [0.1, 0.15) is 41.0 Å². The molecule has 0 fully saturated rings. The molecule has 0 bridgehead atoms. The summed E-state index contributed by atoms with van der Waals surface area (Å²) < 4.78 is 4.58. The van der Waals surface area contributed by atoms with Crippen molar-refractivity contribution in [1.29, 1.82) is 0 Å². The van der Waals surface area contributed by atoms with Crippen molar-refractivity contribution in [2.75, 3.05) is 13.7 Å². The second-order valence-electron chi connectivity index (χ2n) is 9.14. The first-order valence-corrected chi connectivity index (χ1v) is 13.0. The number of aliphatic imine (C=N–C) groups is 1. The number of nitrogens with one attached hydrogen (secondary N) is 3. The van der Waals surface area contributed by atoms with Gasteiger partial charge in [0.2, 0.25) is 11.8 Å². The average molecular weight is 545 g/mol. The Hall–Kier alpha value is -4.86. The molecule has 3 aromatic carbocycles. The molecule has 1 atom stereocenters. The summed E-state index contributed by atoms with van der Waals surface area (Å²) in [5.41, 5.74) is 14.3. The van der Waals surface area contributed by atoms with Crippen LogP contribution < -0.4 is 27.4 Å². The van der Waals surface area contributed by atoms with Gasteiger partial charge in [-0.05, 0) is 35.1 Å². The van der Waals surface area contributed by atoms with Crippen molar-refractivity contribution in [2.45, 2.75) is 37.9 Å². The highest BCUT2D eigenvalue weighted by Crippen LogP contribution is 2.25. The minimum Gasteiger partial charge on any atom is -0.453 e. The average Bonchev–Trinajstić information content (AvgIpc) is 2.97. The summed E-state index contributed by atoms with van der Waals surface area (Å²) in [5, 5.41) is 8.51. The van der Waals surface area contributed by atoms with Gasteiger partial charge in [-0.2, -0.15) is 0 Å². The number of guanidine groups is 1. The Balaban J connectivity index is 1.70. The van der Waals surface area contributed by atoms with Crippen LogP contribution in [0.3, 0.4) is 0 Å².